The fourth-order valence-corrected chi connectivity index (χ4v) is 4.03. The second-order valence-corrected chi connectivity index (χ2v) is 7.97. The van der Waals surface area contributed by atoms with E-state index in [0.717, 1.165) is 26.9 Å². The van der Waals surface area contributed by atoms with E-state index in [0.29, 0.717) is 17.3 Å². The zero-order valence-electron chi connectivity index (χ0n) is 16.3. The fraction of sp³-hybridized carbons (Fsp3) is 0.0400. The molecule has 5 nitrogen and oxygen atoms in total. The standard InChI is InChI=1S/C25H17BrN2O3/c26-17-7-5-6-16(14-17)21-13-12-18(30-21)15-27-28-25(29)24-19-8-1-3-10-22(19)31-23-11-4-2-9-20(23)24/h1-15,24H,(H,28,29)/b27-15+. The van der Waals surface area contributed by atoms with Gasteiger partial charge in [-0.05, 0) is 36.4 Å². The number of rotatable bonds is 4. The monoisotopic (exact) mass is 472 g/mol. The Balaban J connectivity index is 1.35. The van der Waals surface area contributed by atoms with Gasteiger partial charge in [-0.3, -0.25) is 4.79 Å². The quantitative estimate of drug-likeness (QED) is 0.288. The molecule has 0 unspecified atom stereocenters. The lowest BCUT2D eigenvalue weighted by Gasteiger charge is -2.26. The molecule has 1 aromatic heterocycles. The molecular formula is C25H17BrN2O3. The third-order valence-corrected chi connectivity index (χ3v) is 5.54. The van der Waals surface area contributed by atoms with E-state index in [2.05, 4.69) is 26.5 Å². The Hall–Kier alpha value is -3.64. The van der Waals surface area contributed by atoms with Crippen molar-refractivity contribution in [3.8, 4) is 22.8 Å². The van der Waals surface area contributed by atoms with Gasteiger partial charge in [-0.1, -0.05) is 64.5 Å². The van der Waals surface area contributed by atoms with Crippen LogP contribution >= 0.6 is 15.9 Å². The molecule has 31 heavy (non-hydrogen) atoms. The number of ether oxygens (including phenoxy) is 1. The minimum atomic E-state index is -0.507. The van der Waals surface area contributed by atoms with E-state index in [-0.39, 0.29) is 5.91 Å². The molecule has 1 aliphatic heterocycles. The maximum Gasteiger partial charge on any atom is 0.252 e. The molecule has 0 spiro atoms. The summed E-state index contributed by atoms with van der Waals surface area (Å²) < 4.78 is 12.7. The number of hydrogen-bond donors (Lipinski definition) is 1. The first-order chi connectivity index (χ1) is 15.2. The van der Waals surface area contributed by atoms with E-state index in [4.69, 9.17) is 9.15 Å². The largest absolute Gasteiger partial charge is 0.457 e. The van der Waals surface area contributed by atoms with Gasteiger partial charge in [0.25, 0.3) is 5.91 Å². The number of hydrogen-bond acceptors (Lipinski definition) is 4. The van der Waals surface area contributed by atoms with Crippen molar-refractivity contribution in [1.29, 1.82) is 0 Å². The first-order valence-corrected chi connectivity index (χ1v) is 10.5. The van der Waals surface area contributed by atoms with Crippen molar-refractivity contribution in [3.63, 3.8) is 0 Å². The highest BCUT2D eigenvalue weighted by atomic mass is 79.9. The van der Waals surface area contributed by atoms with Crippen LogP contribution in [0.4, 0.5) is 0 Å². The van der Waals surface area contributed by atoms with Crippen LogP contribution in [0.1, 0.15) is 22.8 Å². The van der Waals surface area contributed by atoms with E-state index in [9.17, 15) is 4.79 Å². The molecule has 1 aliphatic rings. The number of para-hydroxylation sites is 2. The predicted octanol–water partition coefficient (Wildman–Crippen LogP) is 6.10. The molecule has 3 aromatic carbocycles. The molecule has 4 aromatic rings. The summed E-state index contributed by atoms with van der Waals surface area (Å²) in [6.45, 7) is 0. The summed E-state index contributed by atoms with van der Waals surface area (Å²) >= 11 is 3.46. The number of benzene rings is 3. The lowest BCUT2D eigenvalue weighted by molar-refractivity contribution is -0.121. The van der Waals surface area contributed by atoms with Gasteiger partial charge in [0, 0.05) is 21.2 Å². The minimum Gasteiger partial charge on any atom is -0.457 e. The van der Waals surface area contributed by atoms with Crippen molar-refractivity contribution in [2.45, 2.75) is 5.92 Å². The minimum absolute atomic E-state index is 0.238. The third-order valence-electron chi connectivity index (χ3n) is 5.04. The van der Waals surface area contributed by atoms with Crippen molar-refractivity contribution in [1.82, 2.24) is 5.43 Å². The molecule has 0 saturated heterocycles. The Bertz CT molecular complexity index is 1250. The van der Waals surface area contributed by atoms with Crippen LogP contribution in [0.25, 0.3) is 11.3 Å². The number of hydrazone groups is 1. The van der Waals surface area contributed by atoms with E-state index < -0.39 is 5.92 Å². The number of amides is 1. The highest BCUT2D eigenvalue weighted by molar-refractivity contribution is 9.10. The number of carbonyl (C=O) groups excluding carboxylic acids is 1. The van der Waals surface area contributed by atoms with Crippen LogP contribution in [0, 0.1) is 0 Å². The van der Waals surface area contributed by atoms with Crippen LogP contribution < -0.4 is 10.2 Å². The fourth-order valence-electron chi connectivity index (χ4n) is 3.64. The lowest BCUT2D eigenvalue weighted by atomic mass is 9.87. The smallest absolute Gasteiger partial charge is 0.252 e. The summed E-state index contributed by atoms with van der Waals surface area (Å²) in [6, 6.07) is 26.6. The Morgan fingerprint density at radius 2 is 1.61 bits per heavy atom. The highest BCUT2D eigenvalue weighted by Crippen LogP contribution is 2.43. The van der Waals surface area contributed by atoms with Gasteiger partial charge in [-0.25, -0.2) is 5.43 Å². The topological polar surface area (TPSA) is 63.8 Å². The summed E-state index contributed by atoms with van der Waals surface area (Å²) in [7, 11) is 0. The molecule has 6 heteroatoms. The van der Waals surface area contributed by atoms with Crippen LogP contribution in [-0.2, 0) is 4.79 Å². The lowest BCUT2D eigenvalue weighted by Crippen LogP contribution is -2.28. The van der Waals surface area contributed by atoms with E-state index in [1.807, 2.05) is 84.9 Å². The summed E-state index contributed by atoms with van der Waals surface area (Å²) in [4.78, 5) is 13.1. The molecule has 0 bridgehead atoms. The Labute approximate surface area is 187 Å². The molecule has 0 atom stereocenters. The van der Waals surface area contributed by atoms with Crippen molar-refractivity contribution in [2.24, 2.45) is 5.10 Å². The van der Waals surface area contributed by atoms with Crippen molar-refractivity contribution < 1.29 is 13.9 Å². The first kappa shape index (κ1) is 19.3. The average molecular weight is 473 g/mol. The number of carbonyl (C=O) groups is 1. The molecule has 152 valence electrons. The van der Waals surface area contributed by atoms with Crippen LogP contribution in [0.2, 0.25) is 0 Å². The summed E-state index contributed by atoms with van der Waals surface area (Å²) in [5, 5.41) is 4.12. The molecule has 0 radical (unpaired) electrons. The summed E-state index contributed by atoms with van der Waals surface area (Å²) in [6.07, 6.45) is 1.50. The van der Waals surface area contributed by atoms with Crippen LogP contribution in [-0.4, -0.2) is 12.1 Å². The van der Waals surface area contributed by atoms with Gasteiger partial charge >= 0.3 is 0 Å². The van der Waals surface area contributed by atoms with Gasteiger partial charge in [0.05, 0.1) is 12.1 Å². The molecule has 1 amide bonds. The van der Waals surface area contributed by atoms with Gasteiger partial charge < -0.3 is 9.15 Å². The number of nitrogens with one attached hydrogen (secondary N) is 1. The Kier molecular flexibility index (Phi) is 5.14. The number of nitrogens with zero attached hydrogens (tertiary/aromatic N) is 1. The predicted molar refractivity (Wildman–Crippen MR) is 122 cm³/mol. The Morgan fingerprint density at radius 3 is 2.32 bits per heavy atom. The number of furan rings is 1. The molecule has 5 rings (SSSR count). The zero-order valence-corrected chi connectivity index (χ0v) is 17.9. The zero-order chi connectivity index (χ0) is 21.2. The van der Waals surface area contributed by atoms with E-state index >= 15 is 0 Å². The molecule has 0 aliphatic carbocycles. The normalized spacial score (nSPS) is 12.8. The maximum atomic E-state index is 13.1. The van der Waals surface area contributed by atoms with Crippen LogP contribution in [0.5, 0.6) is 11.5 Å². The van der Waals surface area contributed by atoms with Crippen molar-refractivity contribution in [3.05, 3.63) is 106 Å². The number of halogens is 1. The van der Waals surface area contributed by atoms with Crippen molar-refractivity contribution in [2.75, 3.05) is 0 Å². The van der Waals surface area contributed by atoms with Crippen molar-refractivity contribution >= 4 is 28.1 Å². The molecular weight excluding hydrogens is 456 g/mol. The Morgan fingerprint density at radius 1 is 0.903 bits per heavy atom. The van der Waals surface area contributed by atoms with Gasteiger partial charge in [-0.2, -0.15) is 5.10 Å². The molecule has 1 N–H and O–H groups in total. The second kappa shape index (κ2) is 8.24. The molecule has 2 heterocycles. The van der Waals surface area contributed by atoms with Crippen LogP contribution in [0.15, 0.2) is 98.9 Å². The van der Waals surface area contributed by atoms with Crippen LogP contribution in [0.3, 0.4) is 0 Å². The SMILES string of the molecule is O=C(N/N=C/c1ccc(-c2cccc(Br)c2)o1)C1c2ccccc2Oc2ccccc21. The van der Waals surface area contributed by atoms with Gasteiger partial charge in [0.15, 0.2) is 0 Å². The second-order valence-electron chi connectivity index (χ2n) is 7.06. The maximum absolute atomic E-state index is 13.1. The van der Waals surface area contributed by atoms with Gasteiger partial charge in [-0.15, -0.1) is 0 Å². The first-order valence-electron chi connectivity index (χ1n) is 9.73. The van der Waals surface area contributed by atoms with E-state index in [1.54, 1.807) is 0 Å². The molecule has 0 saturated carbocycles. The summed E-state index contributed by atoms with van der Waals surface area (Å²) in [5.74, 6) is 1.87. The third kappa shape index (κ3) is 3.90. The highest BCUT2D eigenvalue weighted by Gasteiger charge is 2.32. The number of fused-ring (bicyclic) bond motifs is 2. The summed E-state index contributed by atoms with van der Waals surface area (Å²) in [5.41, 5.74) is 5.22. The van der Waals surface area contributed by atoms with Gasteiger partial charge in [0.1, 0.15) is 23.0 Å². The van der Waals surface area contributed by atoms with E-state index in [1.165, 1.54) is 6.21 Å². The van der Waals surface area contributed by atoms with Gasteiger partial charge in [0.2, 0.25) is 0 Å². The molecule has 0 fully saturated rings. The average Bonchev–Trinajstić information content (AvgIpc) is 3.26.